The predicted octanol–water partition coefficient (Wildman–Crippen LogP) is 3.70. The number of halogens is 1. The van der Waals surface area contributed by atoms with E-state index in [9.17, 15) is 4.79 Å². The maximum absolute atomic E-state index is 13.3. The van der Waals surface area contributed by atoms with Crippen LogP contribution in [0.15, 0.2) is 54.6 Å². The summed E-state index contributed by atoms with van der Waals surface area (Å²) in [5.41, 5.74) is 1.67. The number of hydrogen-bond donors (Lipinski definition) is 0. The maximum Gasteiger partial charge on any atom is 0.255 e. The first-order valence-electron chi connectivity index (χ1n) is 9.04. The Hall–Kier alpha value is -1.88. The van der Waals surface area contributed by atoms with Crippen LogP contribution in [0.3, 0.4) is 0 Å². The van der Waals surface area contributed by atoms with E-state index >= 15 is 0 Å². The quantitative estimate of drug-likeness (QED) is 0.775. The average Bonchev–Trinajstić information content (AvgIpc) is 2.67. The predicted molar refractivity (Wildman–Crippen MR) is 104 cm³/mol. The van der Waals surface area contributed by atoms with Gasteiger partial charge in [-0.2, -0.15) is 0 Å². The second-order valence-electron chi connectivity index (χ2n) is 6.66. The molecule has 1 amide bonds. The van der Waals surface area contributed by atoms with Crippen LogP contribution in [-0.2, 0) is 11.3 Å². The van der Waals surface area contributed by atoms with Crippen molar-refractivity contribution in [3.8, 4) is 0 Å². The van der Waals surface area contributed by atoms with E-state index < -0.39 is 0 Å². The lowest BCUT2D eigenvalue weighted by Crippen LogP contribution is -2.48. The normalized spacial score (nSPS) is 16.2. The summed E-state index contributed by atoms with van der Waals surface area (Å²) in [5, 5.41) is 0.495. The summed E-state index contributed by atoms with van der Waals surface area (Å²) in [5.74, 6) is -0.0276. The van der Waals surface area contributed by atoms with E-state index in [-0.39, 0.29) is 11.9 Å². The minimum atomic E-state index is -0.0276. The summed E-state index contributed by atoms with van der Waals surface area (Å²) in [6.45, 7) is 6.82. The molecular formula is C21H25ClN2O2. The standard InChI is InChI=1S/C21H25ClN2O2/c1-17(15-23-11-13-26-14-12-23)24(16-18-7-3-2-4-8-18)21(25)19-9-5-6-10-20(19)22/h2-10,17H,11-16H2,1H3. The molecule has 0 aromatic heterocycles. The Morgan fingerprint density at radius 2 is 1.77 bits per heavy atom. The molecule has 0 N–H and O–H groups in total. The fourth-order valence-corrected chi connectivity index (χ4v) is 3.47. The number of hydrogen-bond acceptors (Lipinski definition) is 3. The van der Waals surface area contributed by atoms with Crippen molar-refractivity contribution in [3.63, 3.8) is 0 Å². The van der Waals surface area contributed by atoms with Gasteiger partial charge in [0.2, 0.25) is 0 Å². The van der Waals surface area contributed by atoms with Crippen molar-refractivity contribution in [2.75, 3.05) is 32.8 Å². The maximum atomic E-state index is 13.3. The third kappa shape index (κ3) is 4.85. The number of carbonyl (C=O) groups excluding carboxylic acids is 1. The van der Waals surface area contributed by atoms with E-state index in [2.05, 4.69) is 11.8 Å². The van der Waals surface area contributed by atoms with Crippen molar-refractivity contribution in [3.05, 3.63) is 70.7 Å². The van der Waals surface area contributed by atoms with Gasteiger partial charge in [-0.05, 0) is 24.6 Å². The molecule has 1 atom stereocenters. The third-order valence-corrected chi connectivity index (χ3v) is 5.05. The van der Waals surface area contributed by atoms with Crippen LogP contribution in [0.4, 0.5) is 0 Å². The molecule has 0 saturated carbocycles. The van der Waals surface area contributed by atoms with Gasteiger partial charge in [0.15, 0.2) is 0 Å². The molecule has 26 heavy (non-hydrogen) atoms. The monoisotopic (exact) mass is 372 g/mol. The van der Waals surface area contributed by atoms with Crippen LogP contribution in [0.1, 0.15) is 22.8 Å². The summed E-state index contributed by atoms with van der Waals surface area (Å²) in [6.07, 6.45) is 0. The molecule has 0 aliphatic carbocycles. The number of ether oxygens (including phenoxy) is 1. The first-order valence-corrected chi connectivity index (χ1v) is 9.42. The van der Waals surface area contributed by atoms with Crippen molar-refractivity contribution >= 4 is 17.5 Å². The van der Waals surface area contributed by atoms with Crippen molar-refractivity contribution in [2.45, 2.75) is 19.5 Å². The van der Waals surface area contributed by atoms with Gasteiger partial charge in [0.1, 0.15) is 0 Å². The Kier molecular flexibility index (Phi) is 6.67. The van der Waals surface area contributed by atoms with Crippen molar-refractivity contribution in [1.29, 1.82) is 0 Å². The molecule has 5 heteroatoms. The fraction of sp³-hybridized carbons (Fsp3) is 0.381. The summed E-state index contributed by atoms with van der Waals surface area (Å²) >= 11 is 6.29. The Morgan fingerprint density at radius 3 is 2.46 bits per heavy atom. The molecule has 0 spiro atoms. The molecule has 0 bridgehead atoms. The van der Waals surface area contributed by atoms with Crippen LogP contribution in [0.5, 0.6) is 0 Å². The fourth-order valence-electron chi connectivity index (χ4n) is 3.25. The molecule has 1 aliphatic heterocycles. The molecule has 138 valence electrons. The number of nitrogens with zero attached hydrogens (tertiary/aromatic N) is 2. The molecule has 0 radical (unpaired) electrons. The van der Waals surface area contributed by atoms with Crippen molar-refractivity contribution in [1.82, 2.24) is 9.80 Å². The SMILES string of the molecule is CC(CN1CCOCC1)N(Cc1ccccc1)C(=O)c1ccccc1Cl. The van der Waals surface area contributed by atoms with Gasteiger partial charge in [-0.3, -0.25) is 9.69 Å². The van der Waals surface area contributed by atoms with E-state index in [1.165, 1.54) is 0 Å². The summed E-state index contributed by atoms with van der Waals surface area (Å²) in [7, 11) is 0. The second-order valence-corrected chi connectivity index (χ2v) is 7.07. The average molecular weight is 373 g/mol. The van der Waals surface area contributed by atoms with Crippen LogP contribution >= 0.6 is 11.6 Å². The molecule has 3 rings (SSSR count). The number of rotatable bonds is 6. The van der Waals surface area contributed by atoms with E-state index in [0.29, 0.717) is 17.1 Å². The Bertz CT molecular complexity index is 717. The van der Waals surface area contributed by atoms with Crippen molar-refractivity contribution in [2.24, 2.45) is 0 Å². The smallest absolute Gasteiger partial charge is 0.255 e. The van der Waals surface area contributed by atoms with Crippen LogP contribution in [-0.4, -0.2) is 54.6 Å². The molecular weight excluding hydrogens is 348 g/mol. The zero-order chi connectivity index (χ0) is 18.4. The first-order chi connectivity index (χ1) is 12.6. The van der Waals surface area contributed by atoms with Gasteiger partial charge >= 0.3 is 0 Å². The molecule has 2 aromatic rings. The van der Waals surface area contributed by atoms with Gasteiger partial charge in [0, 0.05) is 32.2 Å². The van der Waals surface area contributed by atoms with Crippen LogP contribution in [0.25, 0.3) is 0 Å². The molecule has 1 fully saturated rings. The highest BCUT2D eigenvalue weighted by molar-refractivity contribution is 6.33. The Morgan fingerprint density at radius 1 is 1.12 bits per heavy atom. The van der Waals surface area contributed by atoms with Crippen LogP contribution in [0.2, 0.25) is 5.02 Å². The van der Waals surface area contributed by atoms with Gasteiger partial charge in [0.05, 0.1) is 23.8 Å². The van der Waals surface area contributed by atoms with E-state index in [4.69, 9.17) is 16.3 Å². The van der Waals surface area contributed by atoms with Gasteiger partial charge in [-0.15, -0.1) is 0 Å². The van der Waals surface area contributed by atoms with Crippen LogP contribution < -0.4 is 0 Å². The molecule has 1 aliphatic rings. The summed E-state index contributed by atoms with van der Waals surface area (Å²) < 4.78 is 5.43. The molecule has 1 saturated heterocycles. The highest BCUT2D eigenvalue weighted by atomic mass is 35.5. The molecule has 4 nitrogen and oxygen atoms in total. The van der Waals surface area contributed by atoms with Gasteiger partial charge in [-0.1, -0.05) is 54.1 Å². The highest BCUT2D eigenvalue weighted by Crippen LogP contribution is 2.20. The molecule has 2 aromatic carbocycles. The first kappa shape index (κ1) is 18.9. The number of amides is 1. The molecule has 1 heterocycles. The Balaban J connectivity index is 1.80. The lowest BCUT2D eigenvalue weighted by atomic mass is 10.1. The van der Waals surface area contributed by atoms with E-state index in [1.54, 1.807) is 12.1 Å². The largest absolute Gasteiger partial charge is 0.379 e. The molecule has 1 unspecified atom stereocenters. The zero-order valence-corrected chi connectivity index (χ0v) is 15.9. The number of benzene rings is 2. The van der Waals surface area contributed by atoms with Crippen LogP contribution in [0, 0.1) is 0 Å². The minimum Gasteiger partial charge on any atom is -0.379 e. The lowest BCUT2D eigenvalue weighted by molar-refractivity contribution is 0.0228. The van der Waals surface area contributed by atoms with Crippen molar-refractivity contribution < 1.29 is 9.53 Å². The van der Waals surface area contributed by atoms with Gasteiger partial charge in [-0.25, -0.2) is 0 Å². The lowest BCUT2D eigenvalue weighted by Gasteiger charge is -2.35. The topological polar surface area (TPSA) is 32.8 Å². The Labute approximate surface area is 160 Å². The minimum absolute atomic E-state index is 0.0276. The van der Waals surface area contributed by atoms with Gasteiger partial charge in [0.25, 0.3) is 5.91 Å². The number of carbonyl (C=O) groups is 1. The zero-order valence-electron chi connectivity index (χ0n) is 15.1. The van der Waals surface area contributed by atoms with Gasteiger partial charge < -0.3 is 9.64 Å². The van der Waals surface area contributed by atoms with E-state index in [0.717, 1.165) is 38.4 Å². The summed E-state index contributed by atoms with van der Waals surface area (Å²) in [6, 6.07) is 17.4. The summed E-state index contributed by atoms with van der Waals surface area (Å²) in [4.78, 5) is 17.5. The number of morpholine rings is 1. The second kappa shape index (κ2) is 9.17. The highest BCUT2D eigenvalue weighted by Gasteiger charge is 2.25. The van der Waals surface area contributed by atoms with E-state index in [1.807, 2.05) is 47.4 Å². The third-order valence-electron chi connectivity index (χ3n) is 4.72.